The quantitative estimate of drug-likeness (QED) is 0.572. The van der Waals surface area contributed by atoms with Crippen molar-refractivity contribution in [2.45, 2.75) is 48.4 Å². The van der Waals surface area contributed by atoms with E-state index in [1.54, 1.807) is 18.5 Å². The average molecular weight is 467 g/mol. The number of carbonyl (C=O) groups excluding carboxylic acids is 1. The number of aromatic nitrogens is 1. The van der Waals surface area contributed by atoms with Crippen LogP contribution >= 0.6 is 0 Å². The van der Waals surface area contributed by atoms with Crippen molar-refractivity contribution < 1.29 is 21.6 Å². The first-order valence-corrected chi connectivity index (χ1v) is 13.3. The van der Waals surface area contributed by atoms with E-state index in [0.29, 0.717) is 31.5 Å². The first-order valence-electron chi connectivity index (χ1n) is 9.88. The van der Waals surface area contributed by atoms with Crippen LogP contribution < -0.4 is 15.4 Å². The van der Waals surface area contributed by atoms with E-state index in [1.807, 2.05) is 6.07 Å². The summed E-state index contributed by atoms with van der Waals surface area (Å²) in [4.78, 5) is 16.0. The number of rotatable bonds is 7. The van der Waals surface area contributed by atoms with Gasteiger partial charge in [-0.2, -0.15) is 0 Å². The van der Waals surface area contributed by atoms with Crippen LogP contribution in [0.5, 0.6) is 0 Å². The molecule has 3 N–H and O–H groups in total. The molecule has 31 heavy (non-hydrogen) atoms. The number of benzene rings is 1. The Morgan fingerprint density at radius 3 is 2.48 bits per heavy atom. The van der Waals surface area contributed by atoms with Crippen molar-refractivity contribution in [3.8, 4) is 0 Å². The molecule has 3 rings (SSSR count). The number of pyridine rings is 1. The number of sulfonamides is 1. The van der Waals surface area contributed by atoms with Crippen LogP contribution in [0, 0.1) is 0 Å². The highest BCUT2D eigenvalue weighted by atomic mass is 32.2. The maximum atomic E-state index is 12.7. The summed E-state index contributed by atoms with van der Waals surface area (Å²) in [6, 6.07) is 8.56. The molecule has 1 heterocycles. The van der Waals surface area contributed by atoms with Gasteiger partial charge in [-0.15, -0.1) is 0 Å². The molecule has 0 aliphatic heterocycles. The number of nitrogens with zero attached hydrogens (tertiary/aromatic N) is 1. The highest BCUT2D eigenvalue weighted by Crippen LogP contribution is 2.25. The monoisotopic (exact) mass is 466 g/mol. The third-order valence-electron chi connectivity index (χ3n) is 5.15. The Bertz CT molecular complexity index is 1100. The topological polar surface area (TPSA) is 134 Å². The van der Waals surface area contributed by atoms with Crippen molar-refractivity contribution in [1.29, 1.82) is 0 Å². The standard InChI is InChI=1S/C20H26N4O5S2/c1-30(26,27)19-6-2-5-17(12-19)24-31(28,29)18-9-7-16(8-10-18)23-20(25)22-14-15-4-3-11-21-13-15/h3-4,7-11,13,17,19,24H,2,5-6,12,14H2,1H3,(H2,22,23,25). The maximum Gasteiger partial charge on any atom is 0.319 e. The minimum absolute atomic E-state index is 0.0512. The van der Waals surface area contributed by atoms with Crippen molar-refractivity contribution in [1.82, 2.24) is 15.0 Å². The Morgan fingerprint density at radius 2 is 1.84 bits per heavy atom. The lowest BCUT2D eigenvalue weighted by atomic mass is 9.96. The number of carbonyl (C=O) groups is 1. The van der Waals surface area contributed by atoms with Gasteiger partial charge in [-0.05, 0) is 55.2 Å². The van der Waals surface area contributed by atoms with Crippen LogP contribution in [0.1, 0.15) is 31.2 Å². The van der Waals surface area contributed by atoms with Gasteiger partial charge in [-0.3, -0.25) is 4.98 Å². The molecule has 168 valence electrons. The molecule has 1 saturated carbocycles. The van der Waals surface area contributed by atoms with Crippen molar-refractivity contribution in [3.63, 3.8) is 0 Å². The van der Waals surface area contributed by atoms with E-state index in [9.17, 15) is 21.6 Å². The van der Waals surface area contributed by atoms with Crippen LogP contribution in [-0.2, 0) is 26.4 Å². The molecule has 2 atom stereocenters. The first-order chi connectivity index (χ1) is 14.6. The van der Waals surface area contributed by atoms with Crippen LogP contribution in [0.2, 0.25) is 0 Å². The molecule has 1 fully saturated rings. The fourth-order valence-electron chi connectivity index (χ4n) is 3.51. The molecule has 1 aliphatic carbocycles. The zero-order valence-corrected chi connectivity index (χ0v) is 18.7. The van der Waals surface area contributed by atoms with E-state index in [-0.39, 0.29) is 11.3 Å². The fraction of sp³-hybridized carbons (Fsp3) is 0.400. The summed E-state index contributed by atoms with van der Waals surface area (Å²) in [5.74, 6) is 0. The molecule has 0 bridgehead atoms. The van der Waals surface area contributed by atoms with E-state index in [0.717, 1.165) is 5.56 Å². The molecular formula is C20H26N4O5S2. The third kappa shape index (κ3) is 6.74. The highest BCUT2D eigenvalue weighted by Gasteiger charge is 2.31. The van der Waals surface area contributed by atoms with E-state index >= 15 is 0 Å². The van der Waals surface area contributed by atoms with Crippen molar-refractivity contribution in [2.75, 3.05) is 11.6 Å². The van der Waals surface area contributed by atoms with Crippen molar-refractivity contribution in [3.05, 3.63) is 54.4 Å². The van der Waals surface area contributed by atoms with Crippen LogP contribution in [0.25, 0.3) is 0 Å². The lowest BCUT2D eigenvalue weighted by molar-refractivity contribution is 0.251. The molecule has 0 radical (unpaired) electrons. The van der Waals surface area contributed by atoms with Gasteiger partial charge in [0.05, 0.1) is 10.1 Å². The van der Waals surface area contributed by atoms with Gasteiger partial charge in [0.25, 0.3) is 0 Å². The molecule has 0 spiro atoms. The minimum atomic E-state index is -3.80. The van der Waals surface area contributed by atoms with Gasteiger partial charge in [0.2, 0.25) is 10.0 Å². The van der Waals surface area contributed by atoms with E-state index in [4.69, 9.17) is 0 Å². The predicted octanol–water partition coefficient (Wildman–Crippen LogP) is 2.04. The SMILES string of the molecule is CS(=O)(=O)C1CCCC(NS(=O)(=O)c2ccc(NC(=O)NCc3cccnc3)cc2)C1. The average Bonchev–Trinajstić information content (AvgIpc) is 2.73. The van der Waals surface area contributed by atoms with Crippen LogP contribution in [0.3, 0.4) is 0 Å². The Labute approximate surface area is 182 Å². The lowest BCUT2D eigenvalue weighted by Gasteiger charge is -2.28. The van der Waals surface area contributed by atoms with Gasteiger partial charge in [0.1, 0.15) is 9.84 Å². The molecule has 1 aromatic carbocycles. The molecule has 2 aromatic rings. The molecular weight excluding hydrogens is 440 g/mol. The minimum Gasteiger partial charge on any atom is -0.334 e. The number of anilines is 1. The number of amides is 2. The number of hydrogen-bond donors (Lipinski definition) is 3. The normalized spacial score (nSPS) is 19.5. The summed E-state index contributed by atoms with van der Waals surface area (Å²) < 4.78 is 51.6. The third-order valence-corrected chi connectivity index (χ3v) is 8.33. The second-order valence-electron chi connectivity index (χ2n) is 7.63. The Kier molecular flexibility index (Phi) is 7.29. The summed E-state index contributed by atoms with van der Waals surface area (Å²) in [5.41, 5.74) is 1.29. The molecule has 1 aromatic heterocycles. The van der Waals surface area contributed by atoms with E-state index in [1.165, 1.54) is 30.5 Å². The molecule has 2 unspecified atom stereocenters. The molecule has 9 nitrogen and oxygen atoms in total. The maximum absolute atomic E-state index is 12.7. The van der Waals surface area contributed by atoms with Crippen molar-refractivity contribution in [2.24, 2.45) is 0 Å². The van der Waals surface area contributed by atoms with Crippen LogP contribution in [0.4, 0.5) is 10.5 Å². The fourth-order valence-corrected chi connectivity index (χ4v) is 5.97. The second kappa shape index (κ2) is 9.75. The summed E-state index contributed by atoms with van der Waals surface area (Å²) in [5, 5.41) is 4.81. The van der Waals surface area contributed by atoms with Gasteiger partial charge in [0, 0.05) is 36.9 Å². The summed E-state index contributed by atoms with van der Waals surface area (Å²) in [7, 11) is -7.00. The molecule has 2 amide bonds. The van der Waals surface area contributed by atoms with Gasteiger partial charge in [-0.1, -0.05) is 12.5 Å². The number of urea groups is 1. The Morgan fingerprint density at radius 1 is 1.10 bits per heavy atom. The largest absolute Gasteiger partial charge is 0.334 e. The van der Waals surface area contributed by atoms with Crippen molar-refractivity contribution >= 4 is 31.6 Å². The summed E-state index contributed by atoms with van der Waals surface area (Å²) in [6.45, 7) is 0.311. The number of hydrogen-bond acceptors (Lipinski definition) is 6. The number of nitrogens with one attached hydrogen (secondary N) is 3. The summed E-state index contributed by atoms with van der Waals surface area (Å²) in [6.07, 6.45) is 6.57. The van der Waals surface area contributed by atoms with Gasteiger partial charge in [-0.25, -0.2) is 26.4 Å². The zero-order chi connectivity index (χ0) is 22.5. The van der Waals surface area contributed by atoms with E-state index < -0.39 is 37.2 Å². The summed E-state index contributed by atoms with van der Waals surface area (Å²) >= 11 is 0. The zero-order valence-electron chi connectivity index (χ0n) is 17.1. The molecule has 11 heteroatoms. The van der Waals surface area contributed by atoms with Crippen LogP contribution in [-0.4, -0.2) is 45.4 Å². The van der Waals surface area contributed by atoms with Crippen LogP contribution in [0.15, 0.2) is 53.7 Å². The Hall–Kier alpha value is -2.50. The van der Waals surface area contributed by atoms with Gasteiger partial charge < -0.3 is 10.6 Å². The molecule has 0 saturated heterocycles. The Balaban J connectivity index is 1.56. The van der Waals surface area contributed by atoms with Gasteiger partial charge >= 0.3 is 6.03 Å². The van der Waals surface area contributed by atoms with E-state index in [2.05, 4.69) is 20.3 Å². The predicted molar refractivity (Wildman–Crippen MR) is 118 cm³/mol. The highest BCUT2D eigenvalue weighted by molar-refractivity contribution is 7.91. The van der Waals surface area contributed by atoms with Gasteiger partial charge in [0.15, 0.2) is 0 Å². The number of sulfone groups is 1. The molecule has 1 aliphatic rings. The lowest BCUT2D eigenvalue weighted by Crippen LogP contribution is -2.41. The first kappa shape index (κ1) is 23.2. The second-order valence-corrected chi connectivity index (χ2v) is 11.7. The smallest absolute Gasteiger partial charge is 0.319 e.